The van der Waals surface area contributed by atoms with Gasteiger partial charge in [0, 0.05) is 68.1 Å². The second-order valence-corrected chi connectivity index (χ2v) is 11.3. The lowest BCUT2D eigenvalue weighted by Crippen LogP contribution is -2.52. The summed E-state index contributed by atoms with van der Waals surface area (Å²) in [5, 5.41) is 0. The molecular formula is C23H37N5OS2. The van der Waals surface area contributed by atoms with E-state index in [-0.39, 0.29) is 5.92 Å². The van der Waals surface area contributed by atoms with Crippen LogP contribution in [0, 0.1) is 17.8 Å². The van der Waals surface area contributed by atoms with Crippen LogP contribution < -0.4 is 4.90 Å². The highest BCUT2D eigenvalue weighted by atomic mass is 33.1. The largest absolute Gasteiger partial charge is 0.332 e. The molecule has 2 unspecified atom stereocenters. The Morgan fingerprint density at radius 3 is 2.29 bits per heavy atom. The summed E-state index contributed by atoms with van der Waals surface area (Å²) in [5.41, 5.74) is 1.17. The van der Waals surface area contributed by atoms with E-state index >= 15 is 0 Å². The number of aromatic nitrogens is 2. The Balaban J connectivity index is 1.26. The molecule has 1 aliphatic carbocycles. The first-order chi connectivity index (χ1) is 14.9. The van der Waals surface area contributed by atoms with E-state index < -0.39 is 0 Å². The van der Waals surface area contributed by atoms with Crippen molar-refractivity contribution in [1.82, 2.24) is 19.2 Å². The molecule has 1 aromatic rings. The standard InChI is InChI=1S/C23H37N5OS2/c1-16(2)22(29)19-6-4-17(5-7-19)12-26(3)13-18-10-24-23(25-11-18)28-20-8-9-21(28)15-27(14-20)31-30/h10-11,16-17,19-21,30H,4-9,12-15H2,1-3H3/t17-,19+,20?,21?. The van der Waals surface area contributed by atoms with Gasteiger partial charge < -0.3 is 9.80 Å². The molecule has 8 heteroatoms. The van der Waals surface area contributed by atoms with Crippen LogP contribution in [0.1, 0.15) is 57.9 Å². The first-order valence-electron chi connectivity index (χ1n) is 11.8. The van der Waals surface area contributed by atoms with Crippen molar-refractivity contribution in [2.45, 2.75) is 71.0 Å². The van der Waals surface area contributed by atoms with E-state index in [0.29, 0.717) is 29.7 Å². The lowest BCUT2D eigenvalue weighted by Gasteiger charge is -2.39. The number of carbonyl (C=O) groups is 1. The van der Waals surface area contributed by atoms with E-state index in [4.69, 9.17) is 9.97 Å². The van der Waals surface area contributed by atoms with Crippen molar-refractivity contribution < 1.29 is 4.79 Å². The summed E-state index contributed by atoms with van der Waals surface area (Å²) in [6.07, 6.45) is 10.9. The molecule has 3 heterocycles. The second-order valence-electron chi connectivity index (χ2n) is 10.1. The van der Waals surface area contributed by atoms with Crippen LogP contribution in [0.5, 0.6) is 0 Å². The highest BCUT2D eigenvalue weighted by Crippen LogP contribution is 2.36. The molecule has 6 nitrogen and oxygen atoms in total. The number of hydrogen-bond donors (Lipinski definition) is 1. The van der Waals surface area contributed by atoms with Gasteiger partial charge in [-0.2, -0.15) is 0 Å². The predicted octanol–water partition coefficient (Wildman–Crippen LogP) is 4.09. The van der Waals surface area contributed by atoms with Crippen LogP contribution in [0.15, 0.2) is 12.4 Å². The Bertz CT molecular complexity index is 724. The lowest BCUT2D eigenvalue weighted by molar-refractivity contribution is -0.127. The average Bonchev–Trinajstić information content (AvgIpc) is 3.03. The number of nitrogens with zero attached hydrogens (tertiary/aromatic N) is 5. The molecule has 3 aliphatic rings. The first kappa shape index (κ1) is 23.3. The van der Waals surface area contributed by atoms with Crippen LogP contribution >= 0.6 is 22.6 Å². The van der Waals surface area contributed by atoms with Crippen molar-refractivity contribution in [3.05, 3.63) is 18.0 Å². The van der Waals surface area contributed by atoms with Gasteiger partial charge in [-0.1, -0.05) is 25.5 Å². The number of carbonyl (C=O) groups excluding carboxylic acids is 1. The van der Waals surface area contributed by atoms with Gasteiger partial charge in [-0.05, 0) is 62.5 Å². The third-order valence-electron chi connectivity index (χ3n) is 7.33. The molecule has 0 spiro atoms. The van der Waals surface area contributed by atoms with Crippen molar-refractivity contribution in [3.63, 3.8) is 0 Å². The van der Waals surface area contributed by atoms with Crippen LogP contribution in [-0.2, 0) is 11.3 Å². The third-order valence-corrected chi connectivity index (χ3v) is 8.55. The Morgan fingerprint density at radius 1 is 1.13 bits per heavy atom. The summed E-state index contributed by atoms with van der Waals surface area (Å²) in [6, 6.07) is 1.01. The fourth-order valence-corrected chi connectivity index (χ4v) is 6.62. The Hall–Kier alpha value is -0.830. The molecule has 4 rings (SSSR count). The summed E-state index contributed by atoms with van der Waals surface area (Å²) in [7, 11) is 3.74. The molecular weight excluding hydrogens is 426 g/mol. The molecule has 2 aliphatic heterocycles. The van der Waals surface area contributed by atoms with Crippen LogP contribution in [0.4, 0.5) is 5.95 Å². The van der Waals surface area contributed by atoms with E-state index in [1.54, 1.807) is 11.0 Å². The number of hydrogen-bond acceptors (Lipinski definition) is 8. The molecule has 1 saturated carbocycles. The Kier molecular flexibility index (Phi) is 7.83. The molecule has 0 amide bonds. The predicted molar refractivity (Wildman–Crippen MR) is 131 cm³/mol. The highest BCUT2D eigenvalue weighted by Gasteiger charge is 2.41. The number of thiol groups is 1. The van der Waals surface area contributed by atoms with Gasteiger partial charge in [0.1, 0.15) is 5.78 Å². The summed E-state index contributed by atoms with van der Waals surface area (Å²) in [5.74, 6) is 2.51. The molecule has 2 bridgehead atoms. The van der Waals surface area contributed by atoms with Gasteiger partial charge in [-0.15, -0.1) is 0 Å². The van der Waals surface area contributed by atoms with E-state index in [9.17, 15) is 4.79 Å². The van der Waals surface area contributed by atoms with Crippen LogP contribution in [-0.4, -0.2) is 63.7 Å². The monoisotopic (exact) mass is 463 g/mol. The summed E-state index contributed by atoms with van der Waals surface area (Å²) in [4.78, 5) is 26.6. The van der Waals surface area contributed by atoms with Crippen LogP contribution in [0.25, 0.3) is 0 Å². The second kappa shape index (κ2) is 10.4. The SMILES string of the molecule is CC(C)C(=O)[C@H]1CC[C@@H](CN(C)Cc2cnc(N3C4CCC3CN(SS)C4)nc2)CC1. The zero-order chi connectivity index (χ0) is 22.0. The summed E-state index contributed by atoms with van der Waals surface area (Å²) < 4.78 is 2.34. The number of rotatable bonds is 8. The van der Waals surface area contributed by atoms with Gasteiger partial charge in [0.15, 0.2) is 0 Å². The average molecular weight is 464 g/mol. The van der Waals surface area contributed by atoms with E-state index in [0.717, 1.165) is 45.0 Å². The minimum Gasteiger partial charge on any atom is -0.332 e. The van der Waals surface area contributed by atoms with E-state index in [1.165, 1.54) is 31.2 Å². The summed E-state index contributed by atoms with van der Waals surface area (Å²) in [6.45, 7) is 8.08. The number of ketones is 1. The molecule has 0 N–H and O–H groups in total. The maximum absolute atomic E-state index is 12.3. The van der Waals surface area contributed by atoms with Crippen molar-refractivity contribution in [3.8, 4) is 0 Å². The molecule has 31 heavy (non-hydrogen) atoms. The minimum atomic E-state index is 0.174. The van der Waals surface area contributed by atoms with Gasteiger partial charge in [0.2, 0.25) is 5.95 Å². The topological polar surface area (TPSA) is 52.6 Å². The van der Waals surface area contributed by atoms with Crippen LogP contribution in [0.3, 0.4) is 0 Å². The zero-order valence-corrected chi connectivity index (χ0v) is 20.8. The third kappa shape index (κ3) is 5.57. The van der Waals surface area contributed by atoms with Crippen molar-refractivity contribution in [2.24, 2.45) is 17.8 Å². The lowest BCUT2D eigenvalue weighted by atomic mass is 9.77. The van der Waals surface area contributed by atoms with E-state index in [2.05, 4.69) is 32.8 Å². The van der Waals surface area contributed by atoms with Gasteiger partial charge >= 0.3 is 0 Å². The number of piperazine rings is 1. The molecule has 172 valence electrons. The number of fused-ring (bicyclic) bond motifs is 2. The quantitative estimate of drug-likeness (QED) is 0.354. The maximum atomic E-state index is 12.3. The van der Waals surface area contributed by atoms with Crippen molar-refractivity contribution in [1.29, 1.82) is 0 Å². The molecule has 2 atom stereocenters. The molecule has 0 aromatic carbocycles. The zero-order valence-electron chi connectivity index (χ0n) is 19.1. The van der Waals surface area contributed by atoms with Crippen molar-refractivity contribution in [2.75, 3.05) is 31.6 Å². The fourth-order valence-electron chi connectivity index (χ4n) is 5.74. The molecule has 0 radical (unpaired) electrons. The van der Waals surface area contributed by atoms with Crippen LogP contribution in [0.2, 0.25) is 0 Å². The number of anilines is 1. The maximum Gasteiger partial charge on any atom is 0.225 e. The minimum absolute atomic E-state index is 0.174. The molecule has 3 fully saturated rings. The van der Waals surface area contributed by atoms with E-state index in [1.807, 2.05) is 26.2 Å². The fraction of sp³-hybridized carbons (Fsp3) is 0.783. The number of Topliss-reactive ketones (excluding diaryl/α,β-unsaturated/α-hetero) is 1. The Labute approximate surface area is 196 Å². The smallest absolute Gasteiger partial charge is 0.225 e. The van der Waals surface area contributed by atoms with Crippen molar-refractivity contribution >= 4 is 34.4 Å². The Morgan fingerprint density at radius 2 is 1.74 bits per heavy atom. The molecule has 2 saturated heterocycles. The normalized spacial score (nSPS) is 29.2. The molecule has 1 aromatic heterocycles. The van der Waals surface area contributed by atoms with Gasteiger partial charge in [0.05, 0.1) is 0 Å². The van der Waals surface area contributed by atoms with Gasteiger partial charge in [-0.25, -0.2) is 14.3 Å². The van der Waals surface area contributed by atoms with Gasteiger partial charge in [0.25, 0.3) is 0 Å². The highest BCUT2D eigenvalue weighted by molar-refractivity contribution is 8.67. The summed E-state index contributed by atoms with van der Waals surface area (Å²) >= 11 is 4.38. The van der Waals surface area contributed by atoms with Gasteiger partial charge in [-0.3, -0.25) is 4.79 Å². The first-order valence-corrected chi connectivity index (χ1v) is 13.6.